The highest BCUT2D eigenvalue weighted by molar-refractivity contribution is 6.30. The molecule has 0 radical (unpaired) electrons. The fourth-order valence-corrected chi connectivity index (χ4v) is 4.91. The van der Waals surface area contributed by atoms with E-state index in [1.807, 2.05) is 4.90 Å². The van der Waals surface area contributed by atoms with Crippen LogP contribution in [0.15, 0.2) is 42.5 Å². The minimum atomic E-state index is -4.81. The second kappa shape index (κ2) is 9.45. The number of rotatable bonds is 3. The third-order valence-corrected chi connectivity index (χ3v) is 6.86. The highest BCUT2D eigenvalue weighted by Crippen LogP contribution is 2.34. The normalized spacial score (nSPS) is 21.4. The molecule has 36 heavy (non-hydrogen) atoms. The number of alkyl halides is 3. The summed E-state index contributed by atoms with van der Waals surface area (Å²) in [4.78, 5) is 25.4. The van der Waals surface area contributed by atoms with Gasteiger partial charge in [0.15, 0.2) is 0 Å². The molecule has 190 valence electrons. The monoisotopic (exact) mass is 523 g/mol. The lowest BCUT2D eigenvalue weighted by molar-refractivity contribution is -0.144. The first-order valence-corrected chi connectivity index (χ1v) is 11.7. The first kappa shape index (κ1) is 24.7. The number of nitrogens with zero attached hydrogens (tertiary/aromatic N) is 5. The summed E-state index contributed by atoms with van der Waals surface area (Å²) in [5, 5.41) is 11.6. The van der Waals surface area contributed by atoms with E-state index in [-0.39, 0.29) is 41.8 Å². The van der Waals surface area contributed by atoms with Crippen LogP contribution in [0.3, 0.4) is 0 Å². The van der Waals surface area contributed by atoms with Gasteiger partial charge in [-0.2, -0.15) is 13.2 Å². The predicted octanol–water partition coefficient (Wildman–Crippen LogP) is 3.45. The van der Waals surface area contributed by atoms with E-state index >= 15 is 0 Å². The van der Waals surface area contributed by atoms with E-state index in [9.17, 15) is 27.5 Å². The summed E-state index contributed by atoms with van der Waals surface area (Å²) in [5.74, 6) is -2.17. The molecule has 2 aliphatic rings. The smallest absolute Gasteiger partial charge is 0.390 e. The zero-order valence-electron chi connectivity index (χ0n) is 18.9. The number of fused-ring (bicyclic) bond motifs is 1. The van der Waals surface area contributed by atoms with Crippen molar-refractivity contribution in [2.24, 2.45) is 0 Å². The van der Waals surface area contributed by atoms with Crippen LogP contribution in [-0.4, -0.2) is 82.2 Å². The summed E-state index contributed by atoms with van der Waals surface area (Å²) in [6.07, 6.45) is -5.65. The second-order valence-corrected chi connectivity index (χ2v) is 9.34. The SMILES string of the molecule is O=C(c1ccc(Cl)cc1)N1CCN(C2CN(c3nc(C(F)(F)F)nc4cc(F)ccc34)CC2O)CC1. The summed E-state index contributed by atoms with van der Waals surface area (Å²) in [6, 6.07) is 9.72. The number of hydrogen-bond acceptors (Lipinski definition) is 6. The molecule has 2 atom stereocenters. The highest BCUT2D eigenvalue weighted by atomic mass is 35.5. The number of carbonyl (C=O) groups excluding carboxylic acids is 1. The largest absolute Gasteiger partial charge is 0.451 e. The average Bonchev–Trinajstić information content (AvgIpc) is 3.24. The van der Waals surface area contributed by atoms with Crippen molar-refractivity contribution in [2.45, 2.75) is 18.3 Å². The zero-order valence-corrected chi connectivity index (χ0v) is 19.7. The minimum Gasteiger partial charge on any atom is -0.390 e. The lowest BCUT2D eigenvalue weighted by atomic mass is 10.1. The lowest BCUT2D eigenvalue weighted by Gasteiger charge is -2.38. The van der Waals surface area contributed by atoms with Crippen LogP contribution in [0.5, 0.6) is 0 Å². The van der Waals surface area contributed by atoms with Crippen LogP contribution in [-0.2, 0) is 6.18 Å². The van der Waals surface area contributed by atoms with E-state index in [2.05, 4.69) is 9.97 Å². The number of β-amino-alcohol motifs (C(OH)–C–C–N with tert-alkyl or cyclic N) is 1. The number of aliphatic hydroxyl groups excluding tert-OH is 1. The van der Waals surface area contributed by atoms with Crippen LogP contribution in [0.25, 0.3) is 10.9 Å². The molecule has 2 saturated heterocycles. The van der Waals surface area contributed by atoms with Crippen molar-refractivity contribution in [1.82, 2.24) is 19.8 Å². The van der Waals surface area contributed by atoms with Crippen molar-refractivity contribution in [3.8, 4) is 0 Å². The molecule has 0 spiro atoms. The summed E-state index contributed by atoms with van der Waals surface area (Å²) in [5.41, 5.74) is 0.382. The van der Waals surface area contributed by atoms with Crippen LogP contribution in [0.1, 0.15) is 16.2 Å². The van der Waals surface area contributed by atoms with Crippen LogP contribution < -0.4 is 4.90 Å². The van der Waals surface area contributed by atoms with Gasteiger partial charge >= 0.3 is 6.18 Å². The molecule has 2 aliphatic heterocycles. The molecule has 5 rings (SSSR count). The van der Waals surface area contributed by atoms with E-state index in [1.165, 1.54) is 6.07 Å². The van der Waals surface area contributed by atoms with Gasteiger partial charge in [-0.25, -0.2) is 14.4 Å². The standard InChI is InChI=1S/C24H22ClF4N5O2/c25-15-3-1-14(2-4-15)22(36)33-9-7-32(8-10-33)19-12-34(13-20(19)35)21-17-6-5-16(26)11-18(17)30-23(31-21)24(27,28)29/h1-6,11,19-20,35H,7-10,12-13H2. The van der Waals surface area contributed by atoms with Gasteiger partial charge in [0.05, 0.1) is 17.7 Å². The van der Waals surface area contributed by atoms with E-state index in [0.29, 0.717) is 36.8 Å². The molecule has 3 heterocycles. The predicted molar refractivity (Wildman–Crippen MR) is 125 cm³/mol. The van der Waals surface area contributed by atoms with Crippen LogP contribution >= 0.6 is 11.6 Å². The number of carbonyl (C=O) groups is 1. The van der Waals surface area contributed by atoms with Gasteiger partial charge in [-0.1, -0.05) is 11.6 Å². The Morgan fingerprint density at radius 3 is 2.36 bits per heavy atom. The van der Waals surface area contributed by atoms with Gasteiger partial charge in [0.1, 0.15) is 11.6 Å². The molecular formula is C24H22ClF4N5O2. The molecule has 1 aromatic heterocycles. The molecule has 1 amide bonds. The average molecular weight is 524 g/mol. The molecule has 2 unspecified atom stereocenters. The highest BCUT2D eigenvalue weighted by Gasteiger charge is 2.40. The summed E-state index contributed by atoms with van der Waals surface area (Å²) < 4.78 is 54.0. The Labute approximate surface area is 208 Å². The Balaban J connectivity index is 1.32. The number of benzene rings is 2. The first-order chi connectivity index (χ1) is 17.1. The molecule has 7 nitrogen and oxygen atoms in total. The molecule has 0 saturated carbocycles. The maximum Gasteiger partial charge on any atom is 0.451 e. The second-order valence-electron chi connectivity index (χ2n) is 8.90. The fraction of sp³-hybridized carbons (Fsp3) is 0.375. The lowest BCUT2D eigenvalue weighted by Crippen LogP contribution is -2.54. The maximum absolute atomic E-state index is 13.7. The summed E-state index contributed by atoms with van der Waals surface area (Å²) in [7, 11) is 0. The van der Waals surface area contributed by atoms with Crippen LogP contribution in [0.2, 0.25) is 5.02 Å². The fourth-order valence-electron chi connectivity index (χ4n) is 4.79. The maximum atomic E-state index is 13.7. The number of amides is 1. The van der Waals surface area contributed by atoms with Gasteiger partial charge in [-0.05, 0) is 36.4 Å². The Kier molecular flexibility index (Phi) is 6.48. The molecule has 1 N–H and O–H groups in total. The van der Waals surface area contributed by atoms with Crippen LogP contribution in [0.4, 0.5) is 23.4 Å². The molecule has 3 aromatic rings. The number of aromatic nitrogens is 2. The van der Waals surface area contributed by atoms with Crippen molar-refractivity contribution in [1.29, 1.82) is 0 Å². The van der Waals surface area contributed by atoms with Crippen molar-refractivity contribution in [3.05, 3.63) is 64.7 Å². The Hall–Kier alpha value is -3.02. The molecule has 0 aliphatic carbocycles. The number of hydrogen-bond donors (Lipinski definition) is 1. The number of anilines is 1. The topological polar surface area (TPSA) is 72.8 Å². The van der Waals surface area contributed by atoms with Crippen molar-refractivity contribution < 1.29 is 27.5 Å². The Bertz CT molecular complexity index is 1280. The van der Waals surface area contributed by atoms with Crippen LogP contribution in [0, 0.1) is 5.82 Å². The van der Waals surface area contributed by atoms with E-state index in [0.717, 1.165) is 12.1 Å². The Morgan fingerprint density at radius 2 is 1.69 bits per heavy atom. The molecular weight excluding hydrogens is 502 g/mol. The number of aliphatic hydroxyl groups is 1. The Morgan fingerprint density at radius 1 is 1.00 bits per heavy atom. The molecule has 12 heteroatoms. The quantitative estimate of drug-likeness (QED) is 0.530. The zero-order chi connectivity index (χ0) is 25.6. The summed E-state index contributed by atoms with van der Waals surface area (Å²) >= 11 is 5.89. The van der Waals surface area contributed by atoms with Crippen molar-refractivity contribution in [2.75, 3.05) is 44.2 Å². The van der Waals surface area contributed by atoms with E-state index in [4.69, 9.17) is 11.6 Å². The number of piperazine rings is 1. The third-order valence-electron chi connectivity index (χ3n) is 6.61. The van der Waals surface area contributed by atoms with Gasteiger partial charge in [0.2, 0.25) is 5.82 Å². The first-order valence-electron chi connectivity index (χ1n) is 11.4. The molecule has 2 aromatic carbocycles. The summed E-state index contributed by atoms with van der Waals surface area (Å²) in [6.45, 7) is 2.18. The van der Waals surface area contributed by atoms with Gasteiger partial charge < -0.3 is 14.9 Å². The van der Waals surface area contributed by atoms with Gasteiger partial charge in [-0.3, -0.25) is 9.69 Å². The molecule has 0 bridgehead atoms. The number of halogens is 5. The third kappa shape index (κ3) is 4.82. The van der Waals surface area contributed by atoms with Gasteiger partial charge in [0.25, 0.3) is 5.91 Å². The minimum absolute atomic E-state index is 0.00503. The van der Waals surface area contributed by atoms with E-state index in [1.54, 1.807) is 34.1 Å². The van der Waals surface area contributed by atoms with Gasteiger partial charge in [0, 0.05) is 61.3 Å². The van der Waals surface area contributed by atoms with Crippen molar-refractivity contribution >= 4 is 34.2 Å². The van der Waals surface area contributed by atoms with Crippen molar-refractivity contribution in [3.63, 3.8) is 0 Å². The van der Waals surface area contributed by atoms with Gasteiger partial charge in [-0.15, -0.1) is 0 Å². The molecule has 2 fully saturated rings. The van der Waals surface area contributed by atoms with E-state index < -0.39 is 23.9 Å².